The van der Waals surface area contributed by atoms with Gasteiger partial charge in [0.15, 0.2) is 0 Å². The van der Waals surface area contributed by atoms with Crippen LogP contribution in [0.4, 0.5) is 0 Å². The van der Waals surface area contributed by atoms with Gasteiger partial charge in [-0.15, -0.1) is 0 Å². The van der Waals surface area contributed by atoms with Gasteiger partial charge >= 0.3 is 0 Å². The van der Waals surface area contributed by atoms with Crippen molar-refractivity contribution < 1.29 is 14.7 Å². The summed E-state index contributed by atoms with van der Waals surface area (Å²) in [4.78, 5) is 25.1. The van der Waals surface area contributed by atoms with Crippen LogP contribution in [0.5, 0.6) is 5.75 Å². The van der Waals surface area contributed by atoms with E-state index in [1.807, 2.05) is 0 Å². The molecule has 2 bridgehead atoms. The summed E-state index contributed by atoms with van der Waals surface area (Å²) < 4.78 is 0. The lowest BCUT2D eigenvalue weighted by atomic mass is 9.63. The number of carbonyl (C=O) groups excluding carboxylic acids is 2. The molecule has 3 aliphatic carbocycles. The van der Waals surface area contributed by atoms with Crippen LogP contribution in [0.3, 0.4) is 0 Å². The van der Waals surface area contributed by atoms with Crippen molar-refractivity contribution in [3.8, 4) is 5.75 Å². The fraction of sp³-hybridized carbons (Fsp3) is 0.353. The van der Waals surface area contributed by atoms with Gasteiger partial charge in [0.05, 0.1) is 18.1 Å². The predicted molar refractivity (Wildman–Crippen MR) is 79.9 cm³/mol. The highest BCUT2D eigenvalue weighted by atomic mass is 16.3. The van der Waals surface area contributed by atoms with Crippen LogP contribution in [-0.2, 0) is 9.59 Å². The molecule has 2 amide bonds. The number of phenols is 1. The molecule has 1 aliphatic heterocycles. The van der Waals surface area contributed by atoms with E-state index in [0.29, 0.717) is 5.56 Å². The molecule has 112 valence electrons. The zero-order chi connectivity index (χ0) is 15.3. The molecule has 1 saturated carbocycles. The Bertz CT molecular complexity index is 678. The second-order valence-corrected chi connectivity index (χ2v) is 6.13. The summed E-state index contributed by atoms with van der Waals surface area (Å²) in [5.74, 6) is -0.518. The number of imide groups is 1. The van der Waals surface area contributed by atoms with Gasteiger partial charge in [0.2, 0.25) is 0 Å². The van der Waals surface area contributed by atoms with Crippen molar-refractivity contribution in [3.63, 3.8) is 0 Å². The monoisotopic (exact) mass is 296 g/mol. The van der Waals surface area contributed by atoms with E-state index in [2.05, 4.69) is 17.3 Å². The van der Waals surface area contributed by atoms with E-state index in [4.69, 9.17) is 0 Å². The number of amides is 2. The first-order chi connectivity index (χ1) is 10.7. The highest BCUT2D eigenvalue weighted by molar-refractivity contribution is 6.06. The summed E-state index contributed by atoms with van der Waals surface area (Å²) in [6.07, 6.45) is 7.47. The van der Waals surface area contributed by atoms with Crippen LogP contribution in [0.15, 0.2) is 41.5 Å². The summed E-state index contributed by atoms with van der Waals surface area (Å²) in [5, 5.41) is 14.8. The lowest BCUT2D eigenvalue weighted by Crippen LogP contribution is -2.38. The summed E-state index contributed by atoms with van der Waals surface area (Å²) in [6.45, 7) is 0. The van der Waals surface area contributed by atoms with Gasteiger partial charge in [-0.25, -0.2) is 0 Å². The number of rotatable bonds is 2. The third-order valence-electron chi connectivity index (χ3n) is 4.99. The average molecular weight is 296 g/mol. The minimum absolute atomic E-state index is 0.0736. The summed E-state index contributed by atoms with van der Waals surface area (Å²) in [6, 6.07) is 6.69. The van der Waals surface area contributed by atoms with Crippen molar-refractivity contribution in [1.82, 2.24) is 5.01 Å². The lowest BCUT2D eigenvalue weighted by molar-refractivity contribution is -0.140. The molecule has 1 N–H and O–H groups in total. The number of benzene rings is 1. The van der Waals surface area contributed by atoms with E-state index < -0.39 is 0 Å². The third-order valence-corrected chi connectivity index (χ3v) is 4.99. The second-order valence-electron chi connectivity index (χ2n) is 6.13. The number of hydrazone groups is 1. The molecule has 0 unspecified atom stereocenters. The second kappa shape index (κ2) is 4.80. The topological polar surface area (TPSA) is 70.0 Å². The number of aromatic hydroxyl groups is 1. The van der Waals surface area contributed by atoms with E-state index in [-0.39, 0.29) is 41.2 Å². The van der Waals surface area contributed by atoms with Crippen LogP contribution in [0.25, 0.3) is 0 Å². The zero-order valence-corrected chi connectivity index (χ0v) is 11.9. The molecular weight excluding hydrogens is 280 g/mol. The van der Waals surface area contributed by atoms with E-state index >= 15 is 0 Å². The molecule has 22 heavy (non-hydrogen) atoms. The Morgan fingerprint density at radius 3 is 2.18 bits per heavy atom. The minimum Gasteiger partial charge on any atom is -0.507 e. The van der Waals surface area contributed by atoms with Gasteiger partial charge in [-0.2, -0.15) is 10.1 Å². The Hall–Kier alpha value is -2.43. The average Bonchev–Trinajstić information content (AvgIpc) is 2.82. The number of hydrogen-bond donors (Lipinski definition) is 1. The lowest BCUT2D eigenvalue weighted by Gasteiger charge is -2.37. The normalized spacial score (nSPS) is 33.0. The maximum Gasteiger partial charge on any atom is 0.254 e. The van der Waals surface area contributed by atoms with Crippen LogP contribution in [0.2, 0.25) is 0 Å². The first kappa shape index (κ1) is 13.2. The van der Waals surface area contributed by atoms with Gasteiger partial charge in [-0.1, -0.05) is 24.3 Å². The fourth-order valence-corrected chi connectivity index (χ4v) is 3.89. The van der Waals surface area contributed by atoms with E-state index in [0.717, 1.165) is 17.9 Å². The molecule has 1 aromatic carbocycles. The standard InChI is InChI=1S/C17H16N2O3/c20-13-4-2-1-3-12(13)9-18-19-16(21)14-10-5-6-11(8-7-10)15(14)17(19)22/h1-6,9-11,14-15,20H,7-8H2/b18-9-/t10-,11-,14-,15+/m1/s1. The smallest absolute Gasteiger partial charge is 0.254 e. The van der Waals surface area contributed by atoms with Crippen molar-refractivity contribution in [2.75, 3.05) is 0 Å². The van der Waals surface area contributed by atoms with Gasteiger partial charge in [-0.05, 0) is 36.8 Å². The number of nitrogens with zero attached hydrogens (tertiary/aromatic N) is 2. The molecule has 0 spiro atoms. The van der Waals surface area contributed by atoms with Crippen LogP contribution in [0.1, 0.15) is 18.4 Å². The van der Waals surface area contributed by atoms with E-state index in [9.17, 15) is 14.7 Å². The van der Waals surface area contributed by atoms with Crippen molar-refractivity contribution in [1.29, 1.82) is 0 Å². The molecular formula is C17H16N2O3. The van der Waals surface area contributed by atoms with Gasteiger partial charge in [-0.3, -0.25) is 9.59 Å². The number of phenolic OH excluding ortho intramolecular Hbond substituents is 1. The zero-order valence-electron chi connectivity index (χ0n) is 11.9. The quantitative estimate of drug-likeness (QED) is 0.515. The molecule has 0 aromatic heterocycles. The third kappa shape index (κ3) is 1.81. The first-order valence-corrected chi connectivity index (χ1v) is 7.55. The first-order valence-electron chi connectivity index (χ1n) is 7.55. The van der Waals surface area contributed by atoms with Gasteiger partial charge < -0.3 is 5.11 Å². The van der Waals surface area contributed by atoms with Crippen molar-refractivity contribution >= 4 is 18.0 Å². The predicted octanol–water partition coefficient (Wildman–Crippen LogP) is 1.92. The molecule has 1 saturated heterocycles. The van der Waals surface area contributed by atoms with Crippen LogP contribution >= 0.6 is 0 Å². The molecule has 5 heteroatoms. The highest BCUT2D eigenvalue weighted by Gasteiger charge is 2.56. The molecule has 1 heterocycles. The van der Waals surface area contributed by atoms with Crippen LogP contribution < -0.4 is 0 Å². The number of hydrogen-bond acceptors (Lipinski definition) is 4. The Kier molecular flexibility index (Phi) is 2.89. The van der Waals surface area contributed by atoms with E-state index in [1.54, 1.807) is 24.3 Å². The molecule has 1 aromatic rings. The molecule has 5 rings (SSSR count). The van der Waals surface area contributed by atoms with Gasteiger partial charge in [0.1, 0.15) is 5.75 Å². The van der Waals surface area contributed by atoms with Crippen molar-refractivity contribution in [2.24, 2.45) is 28.8 Å². The van der Waals surface area contributed by atoms with Crippen LogP contribution in [-0.4, -0.2) is 28.1 Å². The Labute approximate surface area is 127 Å². The molecule has 2 fully saturated rings. The molecule has 0 radical (unpaired) electrons. The number of fused-ring (bicyclic) bond motifs is 1. The van der Waals surface area contributed by atoms with Crippen molar-refractivity contribution in [3.05, 3.63) is 42.0 Å². The molecule has 4 aliphatic rings. The molecule has 4 atom stereocenters. The van der Waals surface area contributed by atoms with Crippen LogP contribution in [0, 0.1) is 23.7 Å². The fourth-order valence-electron chi connectivity index (χ4n) is 3.89. The number of allylic oxidation sites excluding steroid dienone is 2. The van der Waals surface area contributed by atoms with E-state index in [1.165, 1.54) is 6.21 Å². The molecule has 5 nitrogen and oxygen atoms in total. The van der Waals surface area contributed by atoms with Gasteiger partial charge in [0, 0.05) is 5.56 Å². The largest absolute Gasteiger partial charge is 0.507 e. The summed E-state index contributed by atoms with van der Waals surface area (Å²) in [7, 11) is 0. The Morgan fingerprint density at radius 1 is 1.05 bits per heavy atom. The highest BCUT2D eigenvalue weighted by Crippen LogP contribution is 2.49. The Balaban J connectivity index is 1.63. The van der Waals surface area contributed by atoms with Gasteiger partial charge in [0.25, 0.3) is 11.8 Å². The number of para-hydroxylation sites is 1. The summed E-state index contributed by atoms with van der Waals surface area (Å²) in [5.41, 5.74) is 0.485. The SMILES string of the molecule is O=C1[C@@H]2[C@H](C(=O)N1/N=C\c1ccccc1O)[C@@H]1C=C[C@@H]2CC1. The minimum atomic E-state index is -0.252. The maximum absolute atomic E-state index is 12.5. The van der Waals surface area contributed by atoms with Crippen molar-refractivity contribution in [2.45, 2.75) is 12.8 Å². The maximum atomic E-state index is 12.5. The number of carbonyl (C=O) groups is 2. The summed E-state index contributed by atoms with van der Waals surface area (Å²) >= 11 is 0. The Morgan fingerprint density at radius 2 is 1.64 bits per heavy atom.